The Morgan fingerprint density at radius 3 is 2.50 bits per heavy atom. The van der Waals surface area contributed by atoms with Gasteiger partial charge >= 0.3 is 0 Å². The van der Waals surface area contributed by atoms with Crippen LogP contribution in [0.25, 0.3) is 10.9 Å². The summed E-state index contributed by atoms with van der Waals surface area (Å²) in [5, 5.41) is 0.624. The molecule has 1 aromatic heterocycles. The number of rotatable bonds is 3. The molecule has 1 unspecified atom stereocenters. The first-order valence-corrected chi connectivity index (χ1v) is 10.5. The Labute approximate surface area is 165 Å². The summed E-state index contributed by atoms with van der Waals surface area (Å²) in [7, 11) is 0. The van der Waals surface area contributed by atoms with E-state index in [1.165, 1.54) is 0 Å². The number of aromatic amines is 1. The smallest absolute Gasteiger partial charge is 0.258 e. The fourth-order valence-electron chi connectivity index (χ4n) is 4.50. The van der Waals surface area contributed by atoms with E-state index in [-0.39, 0.29) is 17.5 Å². The van der Waals surface area contributed by atoms with Gasteiger partial charge in [-0.2, -0.15) is 0 Å². The summed E-state index contributed by atoms with van der Waals surface area (Å²) in [6.07, 6.45) is 4.02. The van der Waals surface area contributed by atoms with Gasteiger partial charge in [-0.3, -0.25) is 14.5 Å². The van der Waals surface area contributed by atoms with E-state index < -0.39 is 0 Å². The largest absolute Gasteiger partial charge is 0.342 e. The second-order valence-corrected chi connectivity index (χ2v) is 8.46. The van der Waals surface area contributed by atoms with Crippen LogP contribution in [0.3, 0.4) is 0 Å². The molecule has 0 aliphatic carbocycles. The van der Waals surface area contributed by atoms with Gasteiger partial charge in [0.1, 0.15) is 5.82 Å². The summed E-state index contributed by atoms with van der Waals surface area (Å²) >= 11 is 0. The zero-order chi connectivity index (χ0) is 19.7. The van der Waals surface area contributed by atoms with Crippen LogP contribution in [-0.2, 0) is 4.79 Å². The number of carbonyl (C=O) groups is 1. The zero-order valence-electron chi connectivity index (χ0n) is 16.9. The molecule has 1 aromatic carbocycles. The molecule has 0 radical (unpaired) electrons. The molecule has 2 saturated heterocycles. The standard InChI is InChI=1S/C22H30N4O2/c1-15-7-11-26(12-8-15)22(28)17-9-13-25(14-10-17)16(2)20-23-19-6-4-3-5-18(19)21(27)24-20/h3-6,15-17H,7-14H2,1-2H3,(H,23,24,27). The average molecular weight is 383 g/mol. The third-order valence-corrected chi connectivity index (χ3v) is 6.55. The minimum Gasteiger partial charge on any atom is -0.342 e. The van der Waals surface area contributed by atoms with Crippen LogP contribution < -0.4 is 5.56 Å². The zero-order valence-corrected chi connectivity index (χ0v) is 16.9. The van der Waals surface area contributed by atoms with Crippen LogP contribution in [0.1, 0.15) is 51.4 Å². The van der Waals surface area contributed by atoms with Crippen LogP contribution in [0.15, 0.2) is 29.1 Å². The molecule has 0 bridgehead atoms. The summed E-state index contributed by atoms with van der Waals surface area (Å²) in [5.74, 6) is 1.93. The second-order valence-electron chi connectivity index (χ2n) is 8.46. The Morgan fingerprint density at radius 1 is 1.11 bits per heavy atom. The number of piperidine rings is 2. The number of fused-ring (bicyclic) bond motifs is 1. The fraction of sp³-hybridized carbons (Fsp3) is 0.591. The van der Waals surface area contributed by atoms with Gasteiger partial charge in [-0.1, -0.05) is 19.1 Å². The van der Waals surface area contributed by atoms with Gasteiger partial charge in [0, 0.05) is 19.0 Å². The van der Waals surface area contributed by atoms with Crippen LogP contribution in [0, 0.1) is 11.8 Å². The summed E-state index contributed by atoms with van der Waals surface area (Å²) < 4.78 is 0. The van der Waals surface area contributed by atoms with Crippen molar-refractivity contribution in [1.82, 2.24) is 19.8 Å². The lowest BCUT2D eigenvalue weighted by Gasteiger charge is -2.38. The molecule has 1 N–H and O–H groups in total. The lowest BCUT2D eigenvalue weighted by molar-refractivity contribution is -0.138. The van der Waals surface area contributed by atoms with E-state index in [2.05, 4.69) is 33.6 Å². The maximum atomic E-state index is 12.8. The SMILES string of the molecule is CC1CCN(C(=O)C2CCN(C(C)c3nc4ccccc4c(=O)[nH]3)CC2)CC1. The van der Waals surface area contributed by atoms with E-state index in [4.69, 9.17) is 0 Å². The van der Waals surface area contributed by atoms with E-state index in [1.54, 1.807) is 6.07 Å². The van der Waals surface area contributed by atoms with Crippen molar-refractivity contribution in [3.63, 3.8) is 0 Å². The lowest BCUT2D eigenvalue weighted by Crippen LogP contribution is -2.45. The predicted molar refractivity (Wildman–Crippen MR) is 110 cm³/mol. The van der Waals surface area contributed by atoms with Crippen LogP contribution in [0.2, 0.25) is 0 Å². The van der Waals surface area contributed by atoms with Crippen molar-refractivity contribution >= 4 is 16.8 Å². The van der Waals surface area contributed by atoms with Gasteiger partial charge in [0.25, 0.3) is 5.56 Å². The van der Waals surface area contributed by atoms with Crippen LogP contribution >= 0.6 is 0 Å². The molecule has 0 saturated carbocycles. The van der Waals surface area contributed by atoms with Gasteiger partial charge in [-0.25, -0.2) is 4.98 Å². The Hall–Kier alpha value is -2.21. The molecule has 1 atom stereocenters. The average Bonchev–Trinajstić information content (AvgIpc) is 2.73. The maximum absolute atomic E-state index is 12.8. The predicted octanol–water partition coefficient (Wildman–Crippen LogP) is 2.95. The lowest BCUT2D eigenvalue weighted by atomic mass is 9.92. The number of nitrogens with zero attached hydrogens (tertiary/aromatic N) is 3. The number of benzene rings is 1. The number of likely N-dealkylation sites (tertiary alicyclic amines) is 2. The molecule has 2 aromatic rings. The summed E-state index contributed by atoms with van der Waals surface area (Å²) in [5.41, 5.74) is 0.648. The molecule has 6 heteroatoms. The van der Waals surface area contributed by atoms with Gasteiger partial charge in [0.2, 0.25) is 5.91 Å². The first-order chi connectivity index (χ1) is 13.5. The number of hydrogen-bond acceptors (Lipinski definition) is 4. The van der Waals surface area contributed by atoms with Crippen molar-refractivity contribution in [2.45, 2.75) is 45.6 Å². The molecule has 0 spiro atoms. The number of H-pyrrole nitrogens is 1. The molecule has 2 fully saturated rings. The molecular weight excluding hydrogens is 352 g/mol. The van der Waals surface area contributed by atoms with Crippen molar-refractivity contribution < 1.29 is 4.79 Å². The van der Waals surface area contributed by atoms with Crippen molar-refractivity contribution in [2.75, 3.05) is 26.2 Å². The van der Waals surface area contributed by atoms with Crippen molar-refractivity contribution in [3.05, 3.63) is 40.4 Å². The highest BCUT2D eigenvalue weighted by atomic mass is 16.2. The van der Waals surface area contributed by atoms with Gasteiger partial charge in [-0.15, -0.1) is 0 Å². The number of nitrogens with one attached hydrogen (secondary N) is 1. The monoisotopic (exact) mass is 382 g/mol. The number of amides is 1. The van der Waals surface area contributed by atoms with E-state index in [1.807, 2.05) is 18.2 Å². The third-order valence-electron chi connectivity index (χ3n) is 6.55. The van der Waals surface area contributed by atoms with Gasteiger partial charge in [-0.05, 0) is 63.7 Å². The Kier molecular flexibility index (Phi) is 5.49. The quantitative estimate of drug-likeness (QED) is 0.886. The highest BCUT2D eigenvalue weighted by molar-refractivity contribution is 5.79. The first-order valence-electron chi connectivity index (χ1n) is 10.5. The molecule has 1 amide bonds. The third kappa shape index (κ3) is 3.83. The molecule has 3 heterocycles. The van der Waals surface area contributed by atoms with Crippen LogP contribution in [-0.4, -0.2) is 51.9 Å². The molecule has 4 rings (SSSR count). The number of aromatic nitrogens is 2. The minimum atomic E-state index is -0.0863. The molecule has 150 valence electrons. The van der Waals surface area contributed by atoms with Crippen molar-refractivity contribution in [1.29, 1.82) is 0 Å². The van der Waals surface area contributed by atoms with Gasteiger partial charge < -0.3 is 9.88 Å². The van der Waals surface area contributed by atoms with E-state index in [0.29, 0.717) is 17.1 Å². The number of hydrogen-bond donors (Lipinski definition) is 1. The number of carbonyl (C=O) groups excluding carboxylic acids is 1. The molecule has 6 nitrogen and oxygen atoms in total. The Morgan fingerprint density at radius 2 is 1.79 bits per heavy atom. The fourth-order valence-corrected chi connectivity index (χ4v) is 4.50. The van der Waals surface area contributed by atoms with Gasteiger partial charge in [0.15, 0.2) is 0 Å². The van der Waals surface area contributed by atoms with Crippen LogP contribution in [0.5, 0.6) is 0 Å². The molecular formula is C22H30N4O2. The summed E-state index contributed by atoms with van der Waals surface area (Å²) in [6.45, 7) is 7.91. The minimum absolute atomic E-state index is 0.0317. The molecule has 2 aliphatic heterocycles. The van der Waals surface area contributed by atoms with E-state index >= 15 is 0 Å². The van der Waals surface area contributed by atoms with Gasteiger partial charge in [0.05, 0.1) is 16.9 Å². The number of para-hydroxylation sites is 1. The molecule has 2 aliphatic rings. The first kappa shape index (κ1) is 19.1. The second kappa shape index (κ2) is 8.03. The van der Waals surface area contributed by atoms with E-state index in [0.717, 1.165) is 63.3 Å². The topological polar surface area (TPSA) is 69.3 Å². The maximum Gasteiger partial charge on any atom is 0.258 e. The molecule has 28 heavy (non-hydrogen) atoms. The van der Waals surface area contributed by atoms with Crippen molar-refractivity contribution in [2.24, 2.45) is 11.8 Å². The summed E-state index contributed by atoms with van der Waals surface area (Å²) in [4.78, 5) is 37.2. The summed E-state index contributed by atoms with van der Waals surface area (Å²) in [6, 6.07) is 7.47. The van der Waals surface area contributed by atoms with Crippen LogP contribution in [0.4, 0.5) is 0 Å². The highest BCUT2D eigenvalue weighted by Crippen LogP contribution is 2.27. The Bertz CT molecular complexity index is 893. The normalized spacial score (nSPS) is 21.1. The van der Waals surface area contributed by atoms with E-state index in [9.17, 15) is 9.59 Å². The Balaban J connectivity index is 1.39. The van der Waals surface area contributed by atoms with Crippen molar-refractivity contribution in [3.8, 4) is 0 Å². The highest BCUT2D eigenvalue weighted by Gasteiger charge is 2.32.